The number of benzene rings is 7. The lowest BCUT2D eigenvalue weighted by molar-refractivity contribution is -0.0399. The summed E-state index contributed by atoms with van der Waals surface area (Å²) in [6.07, 6.45) is 9.50. The fraction of sp³-hybridized carbons (Fsp3) is 0.310. The molecule has 1 nitrogen and oxygen atoms in total. The quantitative estimate of drug-likeness (QED) is 0.169. The first-order valence-electron chi connectivity index (χ1n) is 22.6. The largest absolute Gasteiger partial charge is 0.310 e. The molecule has 0 heterocycles. The van der Waals surface area contributed by atoms with Gasteiger partial charge in [-0.25, -0.2) is 0 Å². The minimum absolute atomic E-state index is 0.0521. The molecule has 0 N–H and O–H groups in total. The molecule has 13 rings (SSSR count). The number of hydrogen-bond acceptors (Lipinski definition) is 1. The predicted octanol–water partition coefficient (Wildman–Crippen LogP) is 15.7. The van der Waals surface area contributed by atoms with Crippen molar-refractivity contribution in [2.75, 3.05) is 4.90 Å². The summed E-state index contributed by atoms with van der Waals surface area (Å²) >= 11 is 0. The molecule has 6 aliphatic rings. The summed E-state index contributed by atoms with van der Waals surface area (Å²) in [5.41, 5.74) is 18.4. The second-order valence-corrected chi connectivity index (χ2v) is 20.4. The highest BCUT2D eigenvalue weighted by atomic mass is 15.1. The highest BCUT2D eigenvalue weighted by molar-refractivity contribution is 5.94. The number of fused-ring (bicyclic) bond motifs is 5. The molecule has 6 aliphatic carbocycles. The number of hydrogen-bond donors (Lipinski definition) is 0. The van der Waals surface area contributed by atoms with Gasteiger partial charge in [0.1, 0.15) is 0 Å². The molecule has 59 heavy (non-hydrogen) atoms. The van der Waals surface area contributed by atoms with Crippen LogP contribution in [0.1, 0.15) is 94.9 Å². The van der Waals surface area contributed by atoms with Crippen molar-refractivity contribution in [3.8, 4) is 33.4 Å². The van der Waals surface area contributed by atoms with Gasteiger partial charge in [-0.05, 0) is 182 Å². The first-order chi connectivity index (χ1) is 28.7. The molecule has 1 spiro atoms. The highest BCUT2D eigenvalue weighted by Crippen LogP contribution is 2.70. The predicted molar refractivity (Wildman–Crippen MR) is 248 cm³/mol. The van der Waals surface area contributed by atoms with E-state index in [4.69, 9.17) is 0 Å². The van der Waals surface area contributed by atoms with Gasteiger partial charge in [0, 0.05) is 16.8 Å². The van der Waals surface area contributed by atoms with Crippen LogP contribution in [0.15, 0.2) is 152 Å². The van der Waals surface area contributed by atoms with Crippen LogP contribution in [0.2, 0.25) is 0 Å². The zero-order valence-corrected chi connectivity index (χ0v) is 35.1. The summed E-state index contributed by atoms with van der Waals surface area (Å²) < 4.78 is 0. The molecule has 0 aromatic heterocycles. The number of rotatable bonds is 5. The van der Waals surface area contributed by atoms with E-state index in [0.29, 0.717) is 0 Å². The Labute approximate surface area is 351 Å². The van der Waals surface area contributed by atoms with Gasteiger partial charge >= 0.3 is 0 Å². The smallest absolute Gasteiger partial charge is 0.0502 e. The summed E-state index contributed by atoms with van der Waals surface area (Å²) in [6, 6.07) is 58.3. The minimum Gasteiger partial charge on any atom is -0.310 e. The molecule has 0 saturated heterocycles. The second-order valence-electron chi connectivity index (χ2n) is 20.4. The van der Waals surface area contributed by atoms with Crippen LogP contribution in [0.5, 0.6) is 0 Å². The van der Waals surface area contributed by atoms with Crippen molar-refractivity contribution in [1.29, 1.82) is 0 Å². The van der Waals surface area contributed by atoms with Crippen molar-refractivity contribution in [1.82, 2.24) is 0 Å². The summed E-state index contributed by atoms with van der Waals surface area (Å²) in [5, 5.41) is 2.55. The van der Waals surface area contributed by atoms with E-state index in [-0.39, 0.29) is 16.2 Å². The third-order valence-electron chi connectivity index (χ3n) is 16.3. The molecule has 0 aliphatic heterocycles. The Balaban J connectivity index is 0.985. The van der Waals surface area contributed by atoms with Gasteiger partial charge in [-0.3, -0.25) is 0 Å². The molecular weight excluding hydrogens is 711 g/mol. The fourth-order valence-corrected chi connectivity index (χ4v) is 13.7. The molecule has 1 heteroatoms. The van der Waals surface area contributed by atoms with E-state index in [1.54, 1.807) is 11.1 Å². The molecular formula is C58H55N. The van der Waals surface area contributed by atoms with E-state index in [9.17, 15) is 0 Å². The van der Waals surface area contributed by atoms with Crippen LogP contribution in [0.25, 0.3) is 44.2 Å². The normalized spacial score (nSPS) is 25.2. The van der Waals surface area contributed by atoms with Gasteiger partial charge in [-0.1, -0.05) is 143 Å². The van der Waals surface area contributed by atoms with Crippen LogP contribution in [0.4, 0.5) is 17.1 Å². The van der Waals surface area contributed by atoms with Gasteiger partial charge < -0.3 is 4.90 Å². The Morgan fingerprint density at radius 1 is 0.441 bits per heavy atom. The van der Waals surface area contributed by atoms with Crippen LogP contribution in [0, 0.1) is 23.7 Å². The first-order valence-corrected chi connectivity index (χ1v) is 22.6. The van der Waals surface area contributed by atoms with Gasteiger partial charge in [0.25, 0.3) is 0 Å². The van der Waals surface area contributed by atoms with E-state index >= 15 is 0 Å². The van der Waals surface area contributed by atoms with Crippen LogP contribution in [-0.2, 0) is 16.2 Å². The third-order valence-corrected chi connectivity index (χ3v) is 16.3. The van der Waals surface area contributed by atoms with Crippen molar-refractivity contribution in [2.24, 2.45) is 23.7 Å². The molecule has 7 aromatic rings. The van der Waals surface area contributed by atoms with Crippen LogP contribution < -0.4 is 4.90 Å². The Morgan fingerprint density at radius 3 is 1.73 bits per heavy atom. The first kappa shape index (κ1) is 35.5. The molecule has 0 radical (unpaired) electrons. The number of nitrogens with zero attached hydrogens (tertiary/aromatic N) is 1. The zero-order valence-electron chi connectivity index (χ0n) is 35.1. The molecule has 4 fully saturated rings. The maximum atomic E-state index is 2.55. The summed E-state index contributed by atoms with van der Waals surface area (Å²) in [6.45, 7) is 9.79. The Hall–Kier alpha value is -5.40. The lowest BCUT2D eigenvalue weighted by atomic mass is 9.43. The van der Waals surface area contributed by atoms with E-state index in [0.717, 1.165) is 23.7 Å². The van der Waals surface area contributed by atoms with Gasteiger partial charge in [0.15, 0.2) is 0 Å². The van der Waals surface area contributed by atoms with Crippen molar-refractivity contribution in [3.05, 3.63) is 174 Å². The van der Waals surface area contributed by atoms with Gasteiger partial charge in [-0.15, -0.1) is 0 Å². The van der Waals surface area contributed by atoms with E-state index in [2.05, 4.69) is 184 Å². The van der Waals surface area contributed by atoms with E-state index < -0.39 is 0 Å². The van der Waals surface area contributed by atoms with Crippen LogP contribution in [-0.4, -0.2) is 0 Å². The van der Waals surface area contributed by atoms with E-state index in [1.165, 1.54) is 117 Å². The molecule has 292 valence electrons. The summed E-state index contributed by atoms with van der Waals surface area (Å²) in [5.74, 6) is 3.43. The van der Waals surface area contributed by atoms with Crippen molar-refractivity contribution in [2.45, 2.75) is 88.9 Å². The maximum Gasteiger partial charge on any atom is 0.0502 e. The molecule has 0 amide bonds. The zero-order chi connectivity index (χ0) is 39.7. The third kappa shape index (κ3) is 5.22. The minimum atomic E-state index is 0.0521. The summed E-state index contributed by atoms with van der Waals surface area (Å²) in [4.78, 5) is 2.55. The fourth-order valence-electron chi connectivity index (χ4n) is 13.7. The summed E-state index contributed by atoms with van der Waals surface area (Å²) in [7, 11) is 0. The molecule has 0 unspecified atom stereocenters. The van der Waals surface area contributed by atoms with Crippen molar-refractivity contribution >= 4 is 27.8 Å². The average Bonchev–Trinajstić information content (AvgIpc) is 3.55. The lowest BCUT2D eigenvalue weighted by Crippen LogP contribution is -2.55. The molecule has 7 aromatic carbocycles. The monoisotopic (exact) mass is 765 g/mol. The molecule has 4 bridgehead atoms. The van der Waals surface area contributed by atoms with Gasteiger partial charge in [0.05, 0.1) is 5.69 Å². The Morgan fingerprint density at radius 2 is 1.00 bits per heavy atom. The lowest BCUT2D eigenvalue weighted by Gasteiger charge is -2.61. The van der Waals surface area contributed by atoms with Crippen LogP contribution in [0.3, 0.4) is 0 Å². The highest BCUT2D eigenvalue weighted by Gasteiger charge is 2.61. The standard InChI is InChI=1S/C58H55N/c1-56(2)29-30-57(3,4)55-52(56)17-10-18-53(55)59(46-25-21-40(22-26-46)43-20-19-39-11-5-6-12-42(39)36-43)47-27-23-41(24-28-47)48-14-9-16-51-54(48)49-13-7-8-15-50(49)58(51)44-32-37-31-38(34-44)35-45(58)33-37/h5-28,36-38,44-45H,29-35H2,1-4H3. The number of anilines is 3. The van der Waals surface area contributed by atoms with Crippen molar-refractivity contribution in [3.63, 3.8) is 0 Å². The molecule has 4 saturated carbocycles. The topological polar surface area (TPSA) is 3.24 Å². The molecule has 0 atom stereocenters. The Bertz CT molecular complexity index is 2750. The van der Waals surface area contributed by atoms with Crippen LogP contribution >= 0.6 is 0 Å². The Kier molecular flexibility index (Phi) is 7.71. The average molecular weight is 766 g/mol. The SMILES string of the molecule is CC1(C)CCC(C)(C)c2c(N(c3ccc(-c4ccc5ccccc5c4)cc3)c3ccc(-c4cccc5c4-c4ccccc4C54C5CC6CC(C5)CC4C6)cc3)cccc21. The second kappa shape index (κ2) is 12.8. The van der Waals surface area contributed by atoms with E-state index in [1.807, 2.05) is 0 Å². The van der Waals surface area contributed by atoms with Crippen molar-refractivity contribution < 1.29 is 0 Å². The van der Waals surface area contributed by atoms with Gasteiger partial charge in [-0.2, -0.15) is 0 Å². The van der Waals surface area contributed by atoms with Gasteiger partial charge in [0.2, 0.25) is 0 Å². The maximum absolute atomic E-state index is 2.55.